The second-order valence-corrected chi connectivity index (χ2v) is 2.19. The van der Waals surface area contributed by atoms with Crippen LogP contribution in [0.1, 0.15) is 12.8 Å². The van der Waals surface area contributed by atoms with Gasteiger partial charge in [-0.3, -0.25) is 4.79 Å². The lowest BCUT2D eigenvalue weighted by molar-refractivity contribution is -0.139. The number of aliphatic imine (C=N–C) groups is 1. The van der Waals surface area contributed by atoms with Crippen molar-refractivity contribution in [3.05, 3.63) is 0 Å². The zero-order chi connectivity index (χ0) is 9.56. The number of rotatable bonds is 5. The maximum absolute atomic E-state index is 10.3. The van der Waals surface area contributed by atoms with Gasteiger partial charge in [-0.25, -0.2) is 9.79 Å². The third-order valence-electron chi connectivity index (χ3n) is 1.13. The summed E-state index contributed by atoms with van der Waals surface area (Å²) in [5.74, 6) is -2.24. The van der Waals surface area contributed by atoms with Crippen LogP contribution in [0.2, 0.25) is 0 Å². The number of thiocarbonyl (C=S) groups is 1. The van der Waals surface area contributed by atoms with E-state index >= 15 is 0 Å². The smallest absolute Gasteiger partial charge is 0.329 e. The highest BCUT2D eigenvalue weighted by Crippen LogP contribution is 2.01. The summed E-state index contributed by atoms with van der Waals surface area (Å²) in [6, 6.07) is -1.08. The average Bonchev–Trinajstić information content (AvgIpc) is 1.96. The lowest BCUT2D eigenvalue weighted by atomic mass is 10.2. The SMILES string of the molecule is O=C(O)CC[C@H](N=C=S)C(=O)O. The number of hydrogen-bond donors (Lipinski definition) is 2. The largest absolute Gasteiger partial charge is 0.481 e. The summed E-state index contributed by atoms with van der Waals surface area (Å²) < 4.78 is 0. The minimum atomic E-state index is -1.19. The lowest BCUT2D eigenvalue weighted by Gasteiger charge is -2.01. The number of isothiocyanates is 1. The number of carbonyl (C=O) groups is 2. The summed E-state index contributed by atoms with van der Waals surface area (Å²) in [4.78, 5) is 23.7. The van der Waals surface area contributed by atoms with Crippen LogP contribution in [0.5, 0.6) is 0 Å². The Bertz CT molecular complexity index is 232. The Morgan fingerprint density at radius 2 is 2.08 bits per heavy atom. The molecule has 0 saturated heterocycles. The third-order valence-corrected chi connectivity index (χ3v) is 1.23. The first-order valence-corrected chi connectivity index (χ1v) is 3.50. The fraction of sp³-hybridized carbons (Fsp3) is 0.500. The zero-order valence-electron chi connectivity index (χ0n) is 6.06. The predicted molar refractivity (Wildman–Crippen MR) is 43.3 cm³/mol. The molecule has 6 heteroatoms. The summed E-state index contributed by atoms with van der Waals surface area (Å²) in [7, 11) is 0. The highest BCUT2D eigenvalue weighted by atomic mass is 32.1. The van der Waals surface area contributed by atoms with Gasteiger partial charge in [-0.2, -0.15) is 0 Å². The van der Waals surface area contributed by atoms with Crippen LogP contribution in [0.3, 0.4) is 0 Å². The van der Waals surface area contributed by atoms with Crippen molar-refractivity contribution >= 4 is 29.3 Å². The number of hydrogen-bond acceptors (Lipinski definition) is 4. The van der Waals surface area contributed by atoms with Crippen LogP contribution in [0.25, 0.3) is 0 Å². The summed E-state index contributed by atoms with van der Waals surface area (Å²) >= 11 is 4.20. The average molecular weight is 189 g/mol. The Labute approximate surface area is 73.7 Å². The zero-order valence-corrected chi connectivity index (χ0v) is 6.87. The molecule has 0 radical (unpaired) electrons. The van der Waals surface area contributed by atoms with Gasteiger partial charge in [0.15, 0.2) is 6.04 Å². The van der Waals surface area contributed by atoms with Crippen LogP contribution >= 0.6 is 12.2 Å². The molecule has 12 heavy (non-hydrogen) atoms. The molecule has 66 valence electrons. The molecule has 0 unspecified atom stereocenters. The normalized spacial score (nSPS) is 11.3. The van der Waals surface area contributed by atoms with E-state index < -0.39 is 18.0 Å². The van der Waals surface area contributed by atoms with Crippen molar-refractivity contribution in [3.8, 4) is 0 Å². The molecular formula is C6H7NO4S. The monoisotopic (exact) mass is 189 g/mol. The summed E-state index contributed by atoms with van der Waals surface area (Å²) in [6.45, 7) is 0. The number of carboxylic acid groups (broad SMARTS) is 2. The second-order valence-electron chi connectivity index (χ2n) is 2.01. The first kappa shape index (κ1) is 10.7. The minimum absolute atomic E-state index is 0.0612. The van der Waals surface area contributed by atoms with E-state index in [1.54, 1.807) is 0 Å². The molecule has 0 aliphatic carbocycles. The Morgan fingerprint density at radius 3 is 2.42 bits per heavy atom. The van der Waals surface area contributed by atoms with Crippen LogP contribution in [0.4, 0.5) is 0 Å². The van der Waals surface area contributed by atoms with Gasteiger partial charge in [0.05, 0.1) is 5.16 Å². The molecule has 0 amide bonds. The minimum Gasteiger partial charge on any atom is -0.481 e. The molecule has 0 aromatic carbocycles. The fourth-order valence-corrected chi connectivity index (χ4v) is 0.694. The van der Waals surface area contributed by atoms with Crippen molar-refractivity contribution in [1.82, 2.24) is 0 Å². The van der Waals surface area contributed by atoms with Gasteiger partial charge in [-0.05, 0) is 18.6 Å². The van der Waals surface area contributed by atoms with Crippen LogP contribution in [-0.4, -0.2) is 33.4 Å². The van der Waals surface area contributed by atoms with Gasteiger partial charge in [-0.1, -0.05) is 0 Å². The standard InChI is InChI=1S/C6H7NO4S/c8-5(9)2-1-4(6(10)11)7-3-12/h4H,1-2H2,(H,8,9)(H,10,11)/t4-/m0/s1. The molecule has 1 atom stereocenters. The highest BCUT2D eigenvalue weighted by molar-refractivity contribution is 7.78. The van der Waals surface area contributed by atoms with E-state index in [2.05, 4.69) is 17.2 Å². The molecule has 0 aromatic heterocycles. The molecule has 0 rings (SSSR count). The molecule has 5 nitrogen and oxygen atoms in total. The molecule has 0 aliphatic rings. The molecular weight excluding hydrogens is 182 g/mol. The Balaban J connectivity index is 4.05. The fourth-order valence-electron chi connectivity index (χ4n) is 0.567. The summed E-state index contributed by atoms with van der Waals surface area (Å²) in [6.07, 6.45) is -0.300. The Hall–Kier alpha value is -1.26. The van der Waals surface area contributed by atoms with Gasteiger partial charge in [0.1, 0.15) is 0 Å². The number of aliphatic carboxylic acids is 2. The molecule has 0 saturated carbocycles. The Kier molecular flexibility index (Phi) is 4.83. The van der Waals surface area contributed by atoms with E-state index in [0.717, 1.165) is 0 Å². The van der Waals surface area contributed by atoms with Gasteiger partial charge in [0, 0.05) is 6.42 Å². The highest BCUT2D eigenvalue weighted by Gasteiger charge is 2.16. The third kappa shape index (κ3) is 4.54. The first-order chi connectivity index (χ1) is 5.57. The van der Waals surface area contributed by atoms with Gasteiger partial charge < -0.3 is 10.2 Å². The van der Waals surface area contributed by atoms with Crippen molar-refractivity contribution in [3.63, 3.8) is 0 Å². The number of carboxylic acids is 2. The van der Waals surface area contributed by atoms with Crippen LogP contribution in [-0.2, 0) is 9.59 Å². The van der Waals surface area contributed by atoms with E-state index in [1.807, 2.05) is 5.16 Å². The Morgan fingerprint density at radius 1 is 1.50 bits per heavy atom. The van der Waals surface area contributed by atoms with Crippen LogP contribution in [0, 0.1) is 0 Å². The van der Waals surface area contributed by atoms with E-state index in [4.69, 9.17) is 10.2 Å². The van der Waals surface area contributed by atoms with Gasteiger partial charge in [0.25, 0.3) is 0 Å². The van der Waals surface area contributed by atoms with E-state index in [1.165, 1.54) is 0 Å². The van der Waals surface area contributed by atoms with Gasteiger partial charge in [-0.15, -0.1) is 0 Å². The maximum atomic E-state index is 10.3. The lowest BCUT2D eigenvalue weighted by Crippen LogP contribution is -2.18. The van der Waals surface area contributed by atoms with E-state index in [0.29, 0.717) is 0 Å². The number of nitrogens with zero attached hydrogens (tertiary/aromatic N) is 1. The van der Waals surface area contributed by atoms with Crippen molar-refractivity contribution in [1.29, 1.82) is 0 Å². The second kappa shape index (κ2) is 5.40. The topological polar surface area (TPSA) is 87.0 Å². The molecule has 0 aliphatic heterocycles. The predicted octanol–water partition coefficient (Wildman–Crippen LogP) is 0.407. The summed E-state index contributed by atoms with van der Waals surface area (Å²) in [5, 5.41) is 18.6. The summed E-state index contributed by atoms with van der Waals surface area (Å²) in [5.41, 5.74) is 0. The molecule has 0 fully saturated rings. The van der Waals surface area contributed by atoms with Crippen LogP contribution in [0.15, 0.2) is 4.99 Å². The maximum Gasteiger partial charge on any atom is 0.329 e. The molecule has 2 N–H and O–H groups in total. The van der Waals surface area contributed by atoms with Crippen molar-refractivity contribution in [2.75, 3.05) is 0 Å². The molecule has 0 bridgehead atoms. The van der Waals surface area contributed by atoms with E-state index in [-0.39, 0.29) is 12.8 Å². The van der Waals surface area contributed by atoms with Gasteiger partial charge in [0.2, 0.25) is 0 Å². The van der Waals surface area contributed by atoms with Gasteiger partial charge >= 0.3 is 11.9 Å². The van der Waals surface area contributed by atoms with E-state index in [9.17, 15) is 9.59 Å². The van der Waals surface area contributed by atoms with Crippen LogP contribution < -0.4 is 0 Å². The molecule has 0 spiro atoms. The molecule has 0 heterocycles. The van der Waals surface area contributed by atoms with Crippen molar-refractivity contribution < 1.29 is 19.8 Å². The quantitative estimate of drug-likeness (QED) is 0.483. The van der Waals surface area contributed by atoms with Crippen molar-refractivity contribution in [2.45, 2.75) is 18.9 Å². The molecule has 0 aromatic rings. The van der Waals surface area contributed by atoms with Crippen molar-refractivity contribution in [2.24, 2.45) is 4.99 Å². The first-order valence-electron chi connectivity index (χ1n) is 3.09.